The van der Waals surface area contributed by atoms with E-state index in [0.717, 1.165) is 65.6 Å². The van der Waals surface area contributed by atoms with Gasteiger partial charge in [-0.15, -0.1) is 0 Å². The molecular weight excluding hydrogens is 419 g/mol. The summed E-state index contributed by atoms with van der Waals surface area (Å²) in [5, 5.41) is 4.48. The second kappa shape index (κ2) is 9.10. The van der Waals surface area contributed by atoms with Crippen LogP contribution in [-0.2, 0) is 4.84 Å². The van der Waals surface area contributed by atoms with Crippen LogP contribution in [0.5, 0.6) is 5.75 Å². The number of aryl methyl sites for hydroxylation is 1. The molecule has 1 saturated heterocycles. The van der Waals surface area contributed by atoms with Gasteiger partial charge in [-0.1, -0.05) is 23.4 Å². The summed E-state index contributed by atoms with van der Waals surface area (Å²) >= 11 is 0. The highest BCUT2D eigenvalue weighted by molar-refractivity contribution is 6.02. The van der Waals surface area contributed by atoms with Gasteiger partial charge in [0.1, 0.15) is 18.2 Å². The zero-order chi connectivity index (χ0) is 22.8. The number of hydrogen-bond acceptors (Lipinski definition) is 5. The molecule has 0 radical (unpaired) electrons. The van der Waals surface area contributed by atoms with Crippen LogP contribution < -0.4 is 4.74 Å². The lowest BCUT2D eigenvalue weighted by atomic mass is 9.96. The van der Waals surface area contributed by atoms with Crippen molar-refractivity contribution in [3.8, 4) is 11.4 Å². The third-order valence-corrected chi connectivity index (χ3v) is 6.20. The van der Waals surface area contributed by atoms with Crippen LogP contribution in [0.25, 0.3) is 11.8 Å². The van der Waals surface area contributed by atoms with E-state index in [4.69, 9.17) is 9.57 Å². The van der Waals surface area contributed by atoms with Gasteiger partial charge in [0.05, 0.1) is 24.8 Å². The molecule has 7 heteroatoms. The Bertz CT molecular complexity index is 1200. The van der Waals surface area contributed by atoms with Gasteiger partial charge in [-0.2, -0.15) is 0 Å². The molecule has 3 heterocycles. The fourth-order valence-corrected chi connectivity index (χ4v) is 4.51. The summed E-state index contributed by atoms with van der Waals surface area (Å²) in [5.74, 6) is 1.59. The van der Waals surface area contributed by atoms with Gasteiger partial charge in [-0.05, 0) is 66.8 Å². The largest absolute Gasteiger partial charge is 0.495 e. The lowest BCUT2D eigenvalue weighted by Crippen LogP contribution is -2.39. The van der Waals surface area contributed by atoms with Crippen molar-refractivity contribution >= 4 is 11.9 Å². The van der Waals surface area contributed by atoms with E-state index >= 15 is 0 Å². The number of nitrogens with zero attached hydrogens (tertiary/aromatic N) is 4. The Kier molecular flexibility index (Phi) is 5.86. The molecule has 170 valence electrons. The number of imidazole rings is 1. The number of piperidine rings is 1. The minimum Gasteiger partial charge on any atom is -0.495 e. The van der Waals surface area contributed by atoms with Gasteiger partial charge in [-0.25, -0.2) is 9.37 Å². The molecule has 6 nitrogen and oxygen atoms in total. The van der Waals surface area contributed by atoms with E-state index in [1.54, 1.807) is 13.4 Å². The number of methoxy groups -OCH3 is 1. The Morgan fingerprint density at radius 2 is 2.03 bits per heavy atom. The number of benzene rings is 2. The first kappa shape index (κ1) is 21.2. The number of oxime groups is 1. The van der Waals surface area contributed by atoms with Crippen LogP contribution in [-0.4, -0.2) is 47.1 Å². The number of amidine groups is 1. The van der Waals surface area contributed by atoms with Crippen LogP contribution in [0, 0.1) is 12.7 Å². The minimum atomic E-state index is -0.224. The van der Waals surface area contributed by atoms with Crippen LogP contribution in [0.4, 0.5) is 4.39 Å². The molecule has 2 aromatic carbocycles. The molecule has 5 rings (SSSR count). The minimum absolute atomic E-state index is 0.143. The topological polar surface area (TPSA) is 51.9 Å². The fourth-order valence-electron chi connectivity index (χ4n) is 4.51. The van der Waals surface area contributed by atoms with Crippen LogP contribution in [0.2, 0.25) is 0 Å². The maximum atomic E-state index is 13.4. The van der Waals surface area contributed by atoms with E-state index in [2.05, 4.69) is 27.2 Å². The molecule has 3 aromatic rings. The van der Waals surface area contributed by atoms with Crippen molar-refractivity contribution in [3.63, 3.8) is 0 Å². The number of halogens is 1. The molecule has 1 unspecified atom stereocenters. The predicted octanol–water partition coefficient (Wildman–Crippen LogP) is 4.94. The van der Waals surface area contributed by atoms with E-state index in [1.807, 2.05) is 42.0 Å². The van der Waals surface area contributed by atoms with E-state index in [0.29, 0.717) is 6.61 Å². The standard InChI is InChI=1S/C26H27FN4O2/c1-18-14-31(17-28-18)24-10-5-19(13-25(24)32-2)12-21-4-3-11-30-15-22(16-33-29-26(21)30)20-6-8-23(27)9-7-20/h5-10,12-14,17,22H,3-4,11,15-16H2,1-2H3/b21-12+. The van der Waals surface area contributed by atoms with E-state index in [-0.39, 0.29) is 11.7 Å². The second-order valence-electron chi connectivity index (χ2n) is 8.53. The van der Waals surface area contributed by atoms with Gasteiger partial charge >= 0.3 is 0 Å². The lowest BCUT2D eigenvalue weighted by molar-refractivity contribution is 0.135. The normalized spacial score (nSPS) is 19.5. The first-order chi connectivity index (χ1) is 16.1. The van der Waals surface area contributed by atoms with Crippen LogP contribution in [0.3, 0.4) is 0 Å². The average molecular weight is 447 g/mol. The Balaban J connectivity index is 1.40. The summed E-state index contributed by atoms with van der Waals surface area (Å²) in [7, 11) is 1.68. The Hall–Kier alpha value is -3.61. The molecule has 0 spiro atoms. The maximum absolute atomic E-state index is 13.4. The van der Waals surface area contributed by atoms with Crippen molar-refractivity contribution in [2.45, 2.75) is 25.7 Å². The second-order valence-corrected chi connectivity index (χ2v) is 8.53. The van der Waals surface area contributed by atoms with Gasteiger partial charge < -0.3 is 19.0 Å². The van der Waals surface area contributed by atoms with E-state index < -0.39 is 0 Å². The number of hydrogen-bond donors (Lipinski definition) is 0. The van der Waals surface area contributed by atoms with Gasteiger partial charge in [-0.3, -0.25) is 0 Å². The molecule has 2 aliphatic rings. The van der Waals surface area contributed by atoms with E-state index in [9.17, 15) is 4.39 Å². The fraction of sp³-hybridized carbons (Fsp3) is 0.308. The van der Waals surface area contributed by atoms with Crippen LogP contribution >= 0.6 is 0 Å². The van der Waals surface area contributed by atoms with Gasteiger partial charge in [0.15, 0.2) is 5.84 Å². The SMILES string of the molecule is COc1cc(/C=C2\CCCN3CC(c4ccc(F)cc4)CON=C23)ccc1-n1cnc(C)c1. The quantitative estimate of drug-likeness (QED) is 0.570. The van der Waals surface area contributed by atoms with E-state index in [1.165, 1.54) is 12.1 Å². The maximum Gasteiger partial charge on any atom is 0.171 e. The molecule has 0 saturated carbocycles. The summed E-state index contributed by atoms with van der Waals surface area (Å²) in [6.45, 7) is 4.17. The molecule has 0 amide bonds. The van der Waals surface area contributed by atoms with Crippen molar-refractivity contribution in [2.75, 3.05) is 26.8 Å². The molecule has 2 aliphatic heterocycles. The molecule has 0 N–H and O–H groups in total. The monoisotopic (exact) mass is 446 g/mol. The van der Waals surface area contributed by atoms with Crippen molar-refractivity contribution in [1.29, 1.82) is 0 Å². The number of rotatable bonds is 4. The van der Waals surface area contributed by atoms with Crippen LogP contribution in [0.1, 0.15) is 35.6 Å². The summed E-state index contributed by atoms with van der Waals surface area (Å²) in [6, 6.07) is 12.9. The molecule has 1 fully saturated rings. The summed E-state index contributed by atoms with van der Waals surface area (Å²) < 4.78 is 21.0. The third kappa shape index (κ3) is 4.49. The zero-order valence-electron chi connectivity index (χ0n) is 18.9. The van der Waals surface area contributed by atoms with Gasteiger partial charge in [0.2, 0.25) is 0 Å². The van der Waals surface area contributed by atoms with Gasteiger partial charge in [0, 0.05) is 25.2 Å². The Labute approximate surface area is 192 Å². The Morgan fingerprint density at radius 1 is 1.18 bits per heavy atom. The summed E-state index contributed by atoms with van der Waals surface area (Å²) in [4.78, 5) is 12.3. The smallest absolute Gasteiger partial charge is 0.171 e. The average Bonchev–Trinajstić information content (AvgIpc) is 3.13. The molecule has 1 atom stereocenters. The first-order valence-corrected chi connectivity index (χ1v) is 11.2. The first-order valence-electron chi connectivity index (χ1n) is 11.2. The van der Waals surface area contributed by atoms with Crippen molar-refractivity contribution in [3.05, 3.63) is 83.2 Å². The number of ether oxygens (including phenoxy) is 1. The predicted molar refractivity (Wildman–Crippen MR) is 126 cm³/mol. The van der Waals surface area contributed by atoms with Gasteiger partial charge in [0.25, 0.3) is 0 Å². The third-order valence-electron chi connectivity index (χ3n) is 6.20. The van der Waals surface area contributed by atoms with Crippen molar-refractivity contribution < 1.29 is 14.0 Å². The zero-order valence-corrected chi connectivity index (χ0v) is 18.9. The molecule has 0 aliphatic carbocycles. The molecule has 0 bridgehead atoms. The molecular formula is C26H27FN4O2. The summed E-state index contributed by atoms with van der Waals surface area (Å²) in [6.07, 6.45) is 7.91. The highest BCUT2D eigenvalue weighted by Gasteiger charge is 2.28. The van der Waals surface area contributed by atoms with Crippen molar-refractivity contribution in [1.82, 2.24) is 14.5 Å². The number of fused-ring (bicyclic) bond motifs is 1. The van der Waals surface area contributed by atoms with Crippen molar-refractivity contribution in [2.24, 2.45) is 5.16 Å². The molecule has 1 aromatic heterocycles. The van der Waals surface area contributed by atoms with Crippen LogP contribution in [0.15, 0.2) is 65.7 Å². The summed E-state index contributed by atoms with van der Waals surface area (Å²) in [5.41, 5.74) is 5.17. The lowest BCUT2D eigenvalue weighted by Gasteiger charge is -2.31. The molecule has 33 heavy (non-hydrogen) atoms. The highest BCUT2D eigenvalue weighted by Crippen LogP contribution is 2.30. The number of aromatic nitrogens is 2. The Morgan fingerprint density at radius 3 is 2.79 bits per heavy atom. The highest BCUT2D eigenvalue weighted by atomic mass is 19.1.